The summed E-state index contributed by atoms with van der Waals surface area (Å²) in [7, 11) is 1.79. The van der Waals surface area contributed by atoms with Gasteiger partial charge in [-0.2, -0.15) is 0 Å². The Balaban J connectivity index is 2.38. The van der Waals surface area contributed by atoms with Crippen LogP contribution in [0.5, 0.6) is 0 Å². The van der Waals surface area contributed by atoms with Crippen LogP contribution in [-0.4, -0.2) is 22.8 Å². The minimum absolute atomic E-state index is 0.0254. The highest BCUT2D eigenvalue weighted by Crippen LogP contribution is 2.31. The lowest BCUT2D eigenvalue weighted by Gasteiger charge is -2.19. The molecule has 15 heavy (non-hydrogen) atoms. The van der Waals surface area contributed by atoms with E-state index in [1.54, 1.807) is 18.0 Å². The zero-order valence-electron chi connectivity index (χ0n) is 8.03. The number of ether oxygens (including phenoxy) is 1. The fourth-order valence-corrected chi connectivity index (χ4v) is 1.83. The number of rotatable bonds is 1. The molecule has 1 aliphatic heterocycles. The van der Waals surface area contributed by atoms with Gasteiger partial charge in [0.25, 0.3) is 0 Å². The molecule has 0 aliphatic carbocycles. The molecule has 1 saturated heterocycles. The molecule has 0 saturated carbocycles. The van der Waals surface area contributed by atoms with Crippen molar-refractivity contribution in [2.75, 3.05) is 7.05 Å². The van der Waals surface area contributed by atoms with Crippen LogP contribution in [0.3, 0.4) is 0 Å². The predicted molar refractivity (Wildman–Crippen MR) is 63.4 cm³/mol. The summed E-state index contributed by atoms with van der Waals surface area (Å²) in [6.07, 6.45) is -0.376. The van der Waals surface area contributed by atoms with E-state index < -0.39 is 0 Å². The summed E-state index contributed by atoms with van der Waals surface area (Å²) < 4.78 is 5.34. The largest absolute Gasteiger partial charge is 0.447 e. The highest BCUT2D eigenvalue weighted by molar-refractivity contribution is 7.82. The molecule has 1 unspecified atom stereocenters. The van der Waals surface area contributed by atoms with Gasteiger partial charge in [-0.3, -0.25) is 5.41 Å². The Bertz CT molecular complexity index is 435. The van der Waals surface area contributed by atoms with E-state index in [2.05, 4.69) is 0 Å². The van der Waals surface area contributed by atoms with Crippen LogP contribution in [-0.2, 0) is 4.74 Å². The van der Waals surface area contributed by atoms with Crippen LogP contribution in [0.25, 0.3) is 0 Å². The molecule has 0 bridgehead atoms. The van der Waals surface area contributed by atoms with Crippen LogP contribution in [0.4, 0.5) is 0 Å². The molecule has 1 aromatic carbocycles. The summed E-state index contributed by atoms with van der Waals surface area (Å²) in [6, 6.07) is 7.39. The molecular weight excluding hydrogens is 232 g/mol. The number of nitrogens with one attached hydrogen (secondary N) is 1. The van der Waals surface area contributed by atoms with Gasteiger partial charge in [0, 0.05) is 17.6 Å². The highest BCUT2D eigenvalue weighted by atomic mass is 35.5. The van der Waals surface area contributed by atoms with E-state index in [0.717, 1.165) is 5.56 Å². The molecule has 5 heteroatoms. The Morgan fingerprint density at radius 2 is 2.13 bits per heavy atom. The number of halogens is 1. The Morgan fingerprint density at radius 3 is 2.67 bits per heavy atom. The van der Waals surface area contributed by atoms with Crippen LogP contribution >= 0.6 is 23.8 Å². The summed E-state index contributed by atoms with van der Waals surface area (Å²) in [5, 5.41) is 8.10. The molecule has 3 nitrogen and oxygen atoms in total. The van der Waals surface area contributed by atoms with Crippen LogP contribution < -0.4 is 0 Å². The lowest BCUT2D eigenvalue weighted by Crippen LogP contribution is -2.23. The number of benzene rings is 1. The minimum Gasteiger partial charge on any atom is -0.447 e. The number of thiocarbonyl (C=S) groups is 1. The summed E-state index contributed by atoms with van der Waals surface area (Å²) >= 11 is 11.1. The predicted octanol–water partition coefficient (Wildman–Crippen LogP) is 2.61. The molecule has 1 N–H and O–H groups in total. The maximum Gasteiger partial charge on any atom is 0.244 e. The summed E-state index contributed by atoms with van der Waals surface area (Å²) in [6.45, 7) is 0. The summed E-state index contributed by atoms with van der Waals surface area (Å²) in [5.41, 5.74) is 0.825. The number of likely N-dealkylation sites (N-methyl/N-ethyl adjacent to an activating group) is 1. The standard InChI is InChI=1S/C10H9ClN2OS/c1-13-9(14-8(12)10(13)15)6-4-2-3-5-7(6)11/h2-5,9,12H,1H3. The number of nitrogens with zero attached hydrogens (tertiary/aromatic N) is 1. The van der Waals surface area contributed by atoms with Crippen molar-refractivity contribution in [3.8, 4) is 0 Å². The van der Waals surface area contributed by atoms with E-state index in [0.29, 0.717) is 10.0 Å². The lowest BCUT2D eigenvalue weighted by molar-refractivity contribution is 0.116. The maximum atomic E-state index is 7.49. The summed E-state index contributed by atoms with van der Waals surface area (Å²) in [4.78, 5) is 2.12. The number of hydrogen-bond donors (Lipinski definition) is 1. The molecular formula is C10H9ClN2OS. The Labute approximate surface area is 98.1 Å². The average molecular weight is 241 g/mol. The van der Waals surface area contributed by atoms with Gasteiger partial charge in [-0.25, -0.2) is 0 Å². The first kappa shape index (κ1) is 10.4. The van der Waals surface area contributed by atoms with Crippen molar-refractivity contribution in [1.82, 2.24) is 4.90 Å². The molecule has 0 radical (unpaired) electrons. The SMILES string of the molecule is CN1C(=S)C(=N)OC1c1ccccc1Cl. The van der Waals surface area contributed by atoms with Crippen LogP contribution in [0.2, 0.25) is 5.02 Å². The molecule has 1 aliphatic rings. The van der Waals surface area contributed by atoms with E-state index in [4.69, 9.17) is 34.0 Å². The van der Waals surface area contributed by atoms with Gasteiger partial charge in [0.05, 0.1) is 0 Å². The molecule has 1 fully saturated rings. The van der Waals surface area contributed by atoms with Crippen molar-refractivity contribution in [3.05, 3.63) is 34.9 Å². The van der Waals surface area contributed by atoms with E-state index in [9.17, 15) is 0 Å². The van der Waals surface area contributed by atoms with Gasteiger partial charge in [0.1, 0.15) is 0 Å². The molecule has 1 heterocycles. The van der Waals surface area contributed by atoms with E-state index in [-0.39, 0.29) is 12.1 Å². The van der Waals surface area contributed by atoms with E-state index in [1.165, 1.54) is 0 Å². The van der Waals surface area contributed by atoms with Crippen molar-refractivity contribution >= 4 is 34.7 Å². The van der Waals surface area contributed by atoms with Crippen LogP contribution in [0.15, 0.2) is 24.3 Å². The monoisotopic (exact) mass is 240 g/mol. The van der Waals surface area contributed by atoms with Gasteiger partial charge >= 0.3 is 0 Å². The first-order chi connectivity index (χ1) is 7.11. The maximum absolute atomic E-state index is 7.49. The second kappa shape index (κ2) is 3.79. The second-order valence-electron chi connectivity index (χ2n) is 3.24. The zero-order chi connectivity index (χ0) is 11.0. The van der Waals surface area contributed by atoms with Crippen molar-refractivity contribution in [1.29, 1.82) is 5.41 Å². The molecule has 0 aromatic heterocycles. The molecule has 0 spiro atoms. The quantitative estimate of drug-likeness (QED) is 0.767. The Kier molecular flexibility index (Phi) is 2.63. The van der Waals surface area contributed by atoms with Gasteiger partial charge in [0.15, 0.2) is 4.99 Å². The van der Waals surface area contributed by atoms with Crippen molar-refractivity contribution in [3.63, 3.8) is 0 Å². The number of hydrogen-bond acceptors (Lipinski definition) is 3. The Morgan fingerprint density at radius 1 is 1.47 bits per heavy atom. The Hall–Kier alpha value is -1.13. The van der Waals surface area contributed by atoms with Gasteiger partial charge in [-0.15, -0.1) is 0 Å². The normalized spacial score (nSPS) is 20.7. The van der Waals surface area contributed by atoms with Crippen LogP contribution in [0, 0.1) is 5.41 Å². The minimum atomic E-state index is -0.376. The first-order valence-electron chi connectivity index (χ1n) is 4.38. The van der Waals surface area contributed by atoms with Gasteiger partial charge < -0.3 is 9.64 Å². The van der Waals surface area contributed by atoms with Gasteiger partial charge in [0.2, 0.25) is 12.1 Å². The second-order valence-corrected chi connectivity index (χ2v) is 4.03. The molecule has 78 valence electrons. The average Bonchev–Trinajstić information content (AvgIpc) is 2.47. The van der Waals surface area contributed by atoms with E-state index in [1.807, 2.05) is 18.2 Å². The fourth-order valence-electron chi connectivity index (χ4n) is 1.46. The van der Waals surface area contributed by atoms with Gasteiger partial charge in [-0.1, -0.05) is 42.0 Å². The summed E-state index contributed by atoms with van der Waals surface area (Å²) in [5.74, 6) is 0.0254. The zero-order valence-corrected chi connectivity index (χ0v) is 9.60. The van der Waals surface area contributed by atoms with Gasteiger partial charge in [-0.05, 0) is 6.07 Å². The smallest absolute Gasteiger partial charge is 0.244 e. The van der Waals surface area contributed by atoms with Crippen molar-refractivity contribution in [2.24, 2.45) is 0 Å². The molecule has 1 aromatic rings. The first-order valence-corrected chi connectivity index (χ1v) is 5.16. The van der Waals surface area contributed by atoms with Crippen molar-refractivity contribution in [2.45, 2.75) is 6.23 Å². The fraction of sp³-hybridized carbons (Fsp3) is 0.200. The molecule has 1 atom stereocenters. The topological polar surface area (TPSA) is 36.3 Å². The van der Waals surface area contributed by atoms with E-state index >= 15 is 0 Å². The molecule has 0 amide bonds. The third kappa shape index (κ3) is 1.70. The van der Waals surface area contributed by atoms with Crippen LogP contribution in [0.1, 0.15) is 11.8 Å². The third-order valence-electron chi connectivity index (χ3n) is 2.27. The third-order valence-corrected chi connectivity index (χ3v) is 3.08. The highest BCUT2D eigenvalue weighted by Gasteiger charge is 2.33. The lowest BCUT2D eigenvalue weighted by atomic mass is 10.2. The van der Waals surface area contributed by atoms with Crippen molar-refractivity contribution < 1.29 is 4.74 Å². The molecule has 2 rings (SSSR count).